The van der Waals surface area contributed by atoms with Crippen LogP contribution in [0.15, 0.2) is 97.2 Å². The first-order valence-electron chi connectivity index (χ1n) is 27.1. The minimum Gasteiger partial charge on any atom is -0.462 e. The highest BCUT2D eigenvalue weighted by molar-refractivity contribution is 7.47. The number of carbonyl (C=O) groups is 3. The molecule has 0 aromatic rings. The highest BCUT2D eigenvalue weighted by atomic mass is 31.2. The Morgan fingerprint density at radius 3 is 1.26 bits per heavy atom. The molecular formula is C58H97O11P. The van der Waals surface area contributed by atoms with Crippen molar-refractivity contribution in [2.45, 2.75) is 226 Å². The number of esters is 3. The van der Waals surface area contributed by atoms with Crippen molar-refractivity contribution < 1.29 is 52.2 Å². The number of hydrogen-bond acceptors (Lipinski definition) is 10. The quantitative estimate of drug-likeness (QED) is 0.0197. The van der Waals surface area contributed by atoms with Gasteiger partial charge in [0.2, 0.25) is 0 Å². The minimum absolute atomic E-state index is 0.0680. The van der Waals surface area contributed by atoms with Crippen molar-refractivity contribution in [3.63, 3.8) is 0 Å². The van der Waals surface area contributed by atoms with E-state index in [9.17, 15) is 28.9 Å². The number of unbranched alkanes of at least 4 members (excludes halogenated alkanes) is 17. The molecule has 0 aliphatic carbocycles. The lowest BCUT2D eigenvalue weighted by Gasteiger charge is -2.21. The average molecular weight is 1000 g/mol. The van der Waals surface area contributed by atoms with Gasteiger partial charge in [0.05, 0.1) is 26.2 Å². The summed E-state index contributed by atoms with van der Waals surface area (Å²) in [5, 5.41) is 9.79. The molecule has 0 bridgehead atoms. The van der Waals surface area contributed by atoms with Gasteiger partial charge in [-0.1, -0.05) is 214 Å². The van der Waals surface area contributed by atoms with Crippen LogP contribution in [0.1, 0.15) is 213 Å². The van der Waals surface area contributed by atoms with Gasteiger partial charge < -0.3 is 24.2 Å². The molecule has 11 nitrogen and oxygen atoms in total. The Kier molecular flexibility index (Phi) is 49.1. The SMILES string of the molecule is CC/C=C\C/C=C\C/C=C\C/C=C\C/C=C\CC(=O)OC(COC(=O)CCCCCCCCCCCCCCC)COP(=O)(O)OCC(CO)OC(=O)CCCCCCC/C=C\C/C=C\C/C=C\CC. The van der Waals surface area contributed by atoms with Crippen molar-refractivity contribution in [3.8, 4) is 0 Å². The van der Waals surface area contributed by atoms with Gasteiger partial charge in [-0.05, 0) is 77.0 Å². The van der Waals surface area contributed by atoms with Crippen LogP contribution in [0.2, 0.25) is 0 Å². The van der Waals surface area contributed by atoms with Crippen LogP contribution in [0.25, 0.3) is 0 Å². The maximum absolute atomic E-state index is 12.9. The molecule has 0 aliphatic rings. The maximum atomic E-state index is 12.9. The van der Waals surface area contributed by atoms with E-state index in [2.05, 4.69) is 93.7 Å². The van der Waals surface area contributed by atoms with Crippen molar-refractivity contribution in [3.05, 3.63) is 97.2 Å². The molecule has 0 aliphatic heterocycles. The van der Waals surface area contributed by atoms with Gasteiger partial charge in [0, 0.05) is 12.8 Å². The van der Waals surface area contributed by atoms with E-state index in [1.807, 2.05) is 18.2 Å². The van der Waals surface area contributed by atoms with Crippen LogP contribution in [0, 0.1) is 0 Å². The molecule has 3 atom stereocenters. The zero-order valence-electron chi connectivity index (χ0n) is 43.9. The number of hydrogen-bond donors (Lipinski definition) is 2. The summed E-state index contributed by atoms with van der Waals surface area (Å²) in [6, 6.07) is 0. The van der Waals surface area contributed by atoms with Gasteiger partial charge in [0.15, 0.2) is 6.10 Å². The van der Waals surface area contributed by atoms with Crippen LogP contribution in [0.4, 0.5) is 0 Å². The highest BCUT2D eigenvalue weighted by Gasteiger charge is 2.28. The largest absolute Gasteiger partial charge is 0.472 e. The molecular weight excluding hydrogens is 904 g/mol. The van der Waals surface area contributed by atoms with Gasteiger partial charge in [-0.2, -0.15) is 0 Å². The molecule has 0 rings (SSSR count). The zero-order chi connectivity index (χ0) is 51.3. The summed E-state index contributed by atoms with van der Waals surface area (Å²) in [7, 11) is -4.78. The Balaban J connectivity index is 4.85. The minimum atomic E-state index is -4.78. The Hall–Kier alpha value is -3.60. The molecule has 0 saturated heterocycles. The number of allylic oxidation sites excluding steroid dienone is 15. The van der Waals surface area contributed by atoms with Gasteiger partial charge >= 0.3 is 25.7 Å². The molecule has 0 spiro atoms. The van der Waals surface area contributed by atoms with Crippen LogP contribution in [-0.2, 0) is 42.2 Å². The van der Waals surface area contributed by atoms with Crippen molar-refractivity contribution in [2.24, 2.45) is 0 Å². The van der Waals surface area contributed by atoms with E-state index >= 15 is 0 Å². The maximum Gasteiger partial charge on any atom is 0.472 e. The van der Waals surface area contributed by atoms with Crippen LogP contribution in [-0.4, -0.2) is 66.5 Å². The first kappa shape index (κ1) is 66.4. The number of aliphatic hydroxyl groups excluding tert-OH is 1. The van der Waals surface area contributed by atoms with Crippen LogP contribution >= 0.6 is 7.82 Å². The second kappa shape index (κ2) is 51.7. The molecule has 3 unspecified atom stereocenters. The number of rotatable bonds is 49. The molecule has 0 aromatic heterocycles. The van der Waals surface area contributed by atoms with Crippen molar-refractivity contribution in [2.75, 3.05) is 26.4 Å². The second-order valence-electron chi connectivity index (χ2n) is 17.7. The molecule has 2 N–H and O–H groups in total. The summed E-state index contributed by atoms with van der Waals surface area (Å²) >= 11 is 0. The third-order valence-corrected chi connectivity index (χ3v) is 12.0. The third kappa shape index (κ3) is 49.4. The van der Waals surface area contributed by atoms with E-state index in [-0.39, 0.29) is 25.9 Å². The van der Waals surface area contributed by atoms with Crippen LogP contribution < -0.4 is 0 Å². The van der Waals surface area contributed by atoms with Crippen molar-refractivity contribution >= 4 is 25.7 Å². The summed E-state index contributed by atoms with van der Waals surface area (Å²) in [5.74, 6) is -1.64. The average Bonchev–Trinajstić information content (AvgIpc) is 3.35. The fourth-order valence-electron chi connectivity index (χ4n) is 6.97. The third-order valence-electron chi connectivity index (χ3n) is 11.0. The zero-order valence-corrected chi connectivity index (χ0v) is 44.8. The number of ether oxygens (including phenoxy) is 3. The molecule has 0 saturated carbocycles. The number of phosphoric acid groups is 1. The van der Waals surface area contributed by atoms with Crippen molar-refractivity contribution in [1.82, 2.24) is 0 Å². The highest BCUT2D eigenvalue weighted by Crippen LogP contribution is 2.43. The van der Waals surface area contributed by atoms with E-state index in [0.29, 0.717) is 19.3 Å². The summed E-state index contributed by atoms with van der Waals surface area (Å²) < 4.78 is 39.3. The van der Waals surface area contributed by atoms with E-state index in [0.717, 1.165) is 96.3 Å². The Morgan fingerprint density at radius 2 is 0.800 bits per heavy atom. The molecule has 0 fully saturated rings. The predicted molar refractivity (Wildman–Crippen MR) is 288 cm³/mol. The van der Waals surface area contributed by atoms with Gasteiger partial charge in [0.1, 0.15) is 12.7 Å². The fraction of sp³-hybridized carbons (Fsp3) is 0.672. The van der Waals surface area contributed by atoms with Crippen LogP contribution in [0.5, 0.6) is 0 Å². The summed E-state index contributed by atoms with van der Waals surface area (Å²) in [6.07, 6.45) is 59.7. The van der Waals surface area contributed by atoms with E-state index in [1.54, 1.807) is 6.08 Å². The van der Waals surface area contributed by atoms with E-state index < -0.39 is 57.8 Å². The predicted octanol–water partition coefficient (Wildman–Crippen LogP) is 15.7. The first-order valence-corrected chi connectivity index (χ1v) is 28.6. The summed E-state index contributed by atoms with van der Waals surface area (Å²) in [6.45, 7) is 4.27. The molecule has 0 radical (unpaired) electrons. The van der Waals surface area contributed by atoms with Gasteiger partial charge in [0.25, 0.3) is 0 Å². The first-order chi connectivity index (χ1) is 34.2. The standard InChI is InChI=1S/C58H97O11P/c1-4-7-10-13-16-19-22-25-27-30-33-36-39-42-45-48-57(61)68-54(50-59)52-66-70(63,64)67-53-55(51-65-56(60)47-44-41-38-35-32-29-24-21-18-15-12-9-6-3)69-58(62)49-46-43-40-37-34-31-28-26-23-20-17-14-11-8-5-2/h7-8,10-11,16-17,19-20,25-28,34,37,43,46,54-55,59H,4-6,9,12-15,18,21-24,29-33,35-36,38-42,44-45,47-53H2,1-3H3,(H,63,64)/b10-7-,11-8-,19-16-,20-17-,27-25-,28-26-,37-34-,46-43-. The molecule has 400 valence electrons. The Bertz CT molecular complexity index is 1540. The smallest absolute Gasteiger partial charge is 0.462 e. The number of carbonyl (C=O) groups excluding carboxylic acids is 3. The molecule has 0 aromatic carbocycles. The van der Waals surface area contributed by atoms with Gasteiger partial charge in [-0.3, -0.25) is 23.4 Å². The van der Waals surface area contributed by atoms with E-state index in [4.69, 9.17) is 23.3 Å². The van der Waals surface area contributed by atoms with Gasteiger partial charge in [-0.15, -0.1) is 0 Å². The topological polar surface area (TPSA) is 155 Å². The Morgan fingerprint density at radius 1 is 0.429 bits per heavy atom. The lowest BCUT2D eigenvalue weighted by molar-refractivity contribution is -0.160. The normalized spacial score (nSPS) is 14.2. The van der Waals surface area contributed by atoms with E-state index in [1.165, 1.54) is 57.8 Å². The summed E-state index contributed by atoms with van der Waals surface area (Å²) in [4.78, 5) is 48.3. The molecule has 70 heavy (non-hydrogen) atoms. The van der Waals surface area contributed by atoms with Crippen LogP contribution in [0.3, 0.4) is 0 Å². The molecule has 0 amide bonds. The van der Waals surface area contributed by atoms with Crippen molar-refractivity contribution in [1.29, 1.82) is 0 Å². The van der Waals surface area contributed by atoms with Gasteiger partial charge in [-0.25, -0.2) is 4.57 Å². The lowest BCUT2D eigenvalue weighted by atomic mass is 10.0. The molecule has 0 heterocycles. The second-order valence-corrected chi connectivity index (χ2v) is 19.1. The fourth-order valence-corrected chi connectivity index (χ4v) is 7.76. The lowest BCUT2D eigenvalue weighted by Crippen LogP contribution is -2.30. The molecule has 12 heteroatoms. The Labute approximate surface area is 425 Å². The number of phosphoric ester groups is 1. The summed E-state index contributed by atoms with van der Waals surface area (Å²) in [5.41, 5.74) is 0. The monoisotopic (exact) mass is 1000 g/mol. The number of aliphatic hydroxyl groups is 1.